The Kier molecular flexibility index (Phi) is 3.55. The van der Waals surface area contributed by atoms with Gasteiger partial charge in [-0.1, -0.05) is 26.7 Å². The summed E-state index contributed by atoms with van der Waals surface area (Å²) in [4.78, 5) is 6.55. The summed E-state index contributed by atoms with van der Waals surface area (Å²) in [6.45, 7) is 6.85. The molecule has 1 aromatic heterocycles. The molecule has 0 radical (unpaired) electrons. The van der Waals surface area contributed by atoms with Gasteiger partial charge in [-0.3, -0.25) is 0 Å². The van der Waals surface area contributed by atoms with Gasteiger partial charge in [0.15, 0.2) is 0 Å². The predicted octanol–water partition coefficient (Wildman–Crippen LogP) is 3.07. The second kappa shape index (κ2) is 4.94. The first-order valence-corrected chi connectivity index (χ1v) is 6.66. The zero-order valence-electron chi connectivity index (χ0n) is 10.9. The van der Waals surface area contributed by atoms with Crippen molar-refractivity contribution in [3.63, 3.8) is 0 Å². The van der Waals surface area contributed by atoms with Crippen molar-refractivity contribution in [2.75, 3.05) is 23.7 Å². The van der Waals surface area contributed by atoms with Gasteiger partial charge in [-0.2, -0.15) is 0 Å². The first kappa shape index (κ1) is 12.2. The Morgan fingerprint density at radius 2 is 1.94 bits per heavy atom. The number of hydrogen-bond acceptors (Lipinski definition) is 3. The van der Waals surface area contributed by atoms with E-state index < -0.39 is 0 Å². The van der Waals surface area contributed by atoms with Gasteiger partial charge in [0.1, 0.15) is 5.82 Å². The Morgan fingerprint density at radius 1 is 1.29 bits per heavy atom. The second-order valence-corrected chi connectivity index (χ2v) is 5.10. The normalized spacial score (nSPS) is 19.3. The Bertz CT molecular complexity index is 361. The smallest absolute Gasteiger partial charge is 0.146 e. The first-order valence-electron chi connectivity index (χ1n) is 6.66. The molecule has 3 nitrogen and oxygen atoms in total. The number of piperidine rings is 1. The molecule has 3 heteroatoms. The lowest BCUT2D eigenvalue weighted by Gasteiger charge is -2.42. The Hall–Kier alpha value is -1.25. The van der Waals surface area contributed by atoms with Gasteiger partial charge in [-0.25, -0.2) is 4.98 Å². The van der Waals surface area contributed by atoms with Crippen LogP contribution in [0.4, 0.5) is 11.5 Å². The zero-order valence-corrected chi connectivity index (χ0v) is 10.9. The number of nitrogens with zero attached hydrogens (tertiary/aromatic N) is 2. The van der Waals surface area contributed by atoms with E-state index in [1.165, 1.54) is 25.7 Å². The molecule has 0 unspecified atom stereocenters. The standard InChI is InChI=1S/C14H23N3/c1-3-14(4-2)7-10-17(11-8-14)12-6-5-9-16-13(12)15/h5-6,9H,3-4,7-8,10-11H2,1-2H3,(H2,15,16). The van der Waals surface area contributed by atoms with Crippen LogP contribution in [-0.4, -0.2) is 18.1 Å². The molecule has 2 rings (SSSR count). The minimum Gasteiger partial charge on any atom is -0.382 e. The third-order valence-electron chi connectivity index (χ3n) is 4.48. The average Bonchev–Trinajstić information content (AvgIpc) is 2.40. The van der Waals surface area contributed by atoms with E-state index in [1.54, 1.807) is 6.20 Å². The monoisotopic (exact) mass is 233 g/mol. The number of hydrogen-bond donors (Lipinski definition) is 1. The molecular weight excluding hydrogens is 210 g/mol. The number of nitrogens with two attached hydrogens (primary N) is 1. The van der Waals surface area contributed by atoms with Crippen molar-refractivity contribution in [2.45, 2.75) is 39.5 Å². The van der Waals surface area contributed by atoms with Gasteiger partial charge in [0.25, 0.3) is 0 Å². The summed E-state index contributed by atoms with van der Waals surface area (Å²) in [6.07, 6.45) is 6.88. The molecule has 2 heterocycles. The fourth-order valence-electron chi connectivity index (χ4n) is 2.86. The van der Waals surface area contributed by atoms with E-state index in [2.05, 4.69) is 29.8 Å². The van der Waals surface area contributed by atoms with Crippen molar-refractivity contribution in [1.29, 1.82) is 0 Å². The van der Waals surface area contributed by atoms with E-state index >= 15 is 0 Å². The SMILES string of the molecule is CCC1(CC)CCN(c2cccnc2N)CC1. The van der Waals surface area contributed by atoms with Crippen molar-refractivity contribution in [2.24, 2.45) is 5.41 Å². The van der Waals surface area contributed by atoms with Gasteiger partial charge < -0.3 is 10.6 Å². The molecule has 2 N–H and O–H groups in total. The van der Waals surface area contributed by atoms with Crippen molar-refractivity contribution >= 4 is 11.5 Å². The highest BCUT2D eigenvalue weighted by Crippen LogP contribution is 2.39. The van der Waals surface area contributed by atoms with Crippen LogP contribution in [0, 0.1) is 5.41 Å². The molecule has 0 amide bonds. The molecule has 1 saturated heterocycles. The van der Waals surface area contributed by atoms with Gasteiger partial charge in [-0.15, -0.1) is 0 Å². The molecule has 0 aromatic carbocycles. The lowest BCUT2D eigenvalue weighted by atomic mass is 9.74. The number of aromatic nitrogens is 1. The van der Waals surface area contributed by atoms with E-state index in [-0.39, 0.29) is 0 Å². The summed E-state index contributed by atoms with van der Waals surface area (Å²) >= 11 is 0. The van der Waals surface area contributed by atoms with Crippen molar-refractivity contribution in [3.8, 4) is 0 Å². The van der Waals surface area contributed by atoms with Gasteiger partial charge in [-0.05, 0) is 30.4 Å². The average molecular weight is 233 g/mol. The number of anilines is 2. The molecule has 1 aliphatic heterocycles. The highest BCUT2D eigenvalue weighted by Gasteiger charge is 2.31. The molecule has 1 fully saturated rings. The molecule has 1 aliphatic rings. The minimum atomic E-state index is 0.563. The molecule has 0 spiro atoms. The third-order valence-corrected chi connectivity index (χ3v) is 4.48. The fraction of sp³-hybridized carbons (Fsp3) is 0.643. The largest absolute Gasteiger partial charge is 0.382 e. The van der Waals surface area contributed by atoms with Crippen LogP contribution in [0.3, 0.4) is 0 Å². The van der Waals surface area contributed by atoms with Crippen molar-refractivity contribution < 1.29 is 0 Å². The van der Waals surface area contributed by atoms with Crippen molar-refractivity contribution in [1.82, 2.24) is 4.98 Å². The lowest BCUT2D eigenvalue weighted by Crippen LogP contribution is -2.40. The fourth-order valence-corrected chi connectivity index (χ4v) is 2.86. The van der Waals surface area contributed by atoms with Crippen LogP contribution in [0.25, 0.3) is 0 Å². The van der Waals surface area contributed by atoms with E-state index in [0.29, 0.717) is 11.2 Å². The van der Waals surface area contributed by atoms with Gasteiger partial charge in [0.05, 0.1) is 5.69 Å². The van der Waals surface area contributed by atoms with Crippen molar-refractivity contribution in [3.05, 3.63) is 18.3 Å². The second-order valence-electron chi connectivity index (χ2n) is 5.10. The van der Waals surface area contributed by atoms with Crippen LogP contribution in [0.5, 0.6) is 0 Å². The van der Waals surface area contributed by atoms with Crippen LogP contribution >= 0.6 is 0 Å². The number of nitrogen functional groups attached to an aromatic ring is 1. The topological polar surface area (TPSA) is 42.2 Å². The summed E-state index contributed by atoms with van der Waals surface area (Å²) in [5.41, 5.74) is 7.60. The van der Waals surface area contributed by atoms with Gasteiger partial charge in [0, 0.05) is 19.3 Å². The predicted molar refractivity (Wildman–Crippen MR) is 73.1 cm³/mol. The molecular formula is C14H23N3. The minimum absolute atomic E-state index is 0.563. The molecule has 0 saturated carbocycles. The van der Waals surface area contributed by atoms with Crippen LogP contribution in [-0.2, 0) is 0 Å². The molecule has 0 bridgehead atoms. The van der Waals surface area contributed by atoms with Gasteiger partial charge in [0.2, 0.25) is 0 Å². The van der Waals surface area contributed by atoms with E-state index in [9.17, 15) is 0 Å². The number of rotatable bonds is 3. The van der Waals surface area contributed by atoms with E-state index in [1.807, 2.05) is 6.07 Å². The number of pyridine rings is 1. The highest BCUT2D eigenvalue weighted by molar-refractivity contribution is 5.63. The zero-order chi connectivity index (χ0) is 12.3. The van der Waals surface area contributed by atoms with Crippen LogP contribution in [0.1, 0.15) is 39.5 Å². The van der Waals surface area contributed by atoms with E-state index in [4.69, 9.17) is 5.73 Å². The first-order chi connectivity index (χ1) is 8.21. The summed E-state index contributed by atoms with van der Waals surface area (Å²) in [6, 6.07) is 4.04. The highest BCUT2D eigenvalue weighted by atomic mass is 15.2. The van der Waals surface area contributed by atoms with Crippen LogP contribution in [0.15, 0.2) is 18.3 Å². The maximum atomic E-state index is 5.93. The maximum absolute atomic E-state index is 5.93. The molecule has 17 heavy (non-hydrogen) atoms. The van der Waals surface area contributed by atoms with Crippen LogP contribution < -0.4 is 10.6 Å². The summed E-state index contributed by atoms with van der Waals surface area (Å²) in [7, 11) is 0. The van der Waals surface area contributed by atoms with E-state index in [0.717, 1.165) is 18.8 Å². The summed E-state index contributed by atoms with van der Waals surface area (Å²) < 4.78 is 0. The Balaban J connectivity index is 2.07. The molecule has 0 aliphatic carbocycles. The van der Waals surface area contributed by atoms with Crippen LogP contribution in [0.2, 0.25) is 0 Å². The molecule has 94 valence electrons. The lowest BCUT2D eigenvalue weighted by molar-refractivity contribution is 0.199. The Morgan fingerprint density at radius 3 is 2.47 bits per heavy atom. The molecule has 0 atom stereocenters. The summed E-state index contributed by atoms with van der Waals surface area (Å²) in [5.74, 6) is 0.660. The molecule has 1 aromatic rings. The third kappa shape index (κ3) is 2.38. The Labute approximate surface area is 104 Å². The maximum Gasteiger partial charge on any atom is 0.146 e. The summed E-state index contributed by atoms with van der Waals surface area (Å²) in [5, 5.41) is 0. The van der Waals surface area contributed by atoms with Gasteiger partial charge >= 0.3 is 0 Å². The quantitative estimate of drug-likeness (QED) is 0.872.